The lowest BCUT2D eigenvalue weighted by Gasteiger charge is -2.07. The lowest BCUT2D eigenvalue weighted by molar-refractivity contribution is -0.145. The van der Waals surface area contributed by atoms with Crippen molar-refractivity contribution in [3.8, 4) is 10.6 Å². The summed E-state index contributed by atoms with van der Waals surface area (Å²) in [4.78, 5) is 29.8. The lowest BCUT2D eigenvalue weighted by atomic mass is 10.2. The Morgan fingerprint density at radius 2 is 2.18 bits per heavy atom. The predicted molar refractivity (Wildman–Crippen MR) is 108 cm³/mol. The van der Waals surface area contributed by atoms with Crippen molar-refractivity contribution >= 4 is 44.1 Å². The van der Waals surface area contributed by atoms with E-state index in [1.165, 1.54) is 22.2 Å². The predicted octanol–water partition coefficient (Wildman–Crippen LogP) is 4.01. The topological polar surface area (TPSA) is 87.2 Å². The first-order valence-electron chi connectivity index (χ1n) is 8.40. The van der Waals surface area contributed by atoms with Gasteiger partial charge in [0.1, 0.15) is 12.3 Å². The van der Waals surface area contributed by atoms with Crippen LogP contribution in [0.5, 0.6) is 0 Å². The summed E-state index contributed by atoms with van der Waals surface area (Å²) in [5.41, 5.74) is 0.946. The number of thiophene rings is 1. The Labute approximate surface area is 171 Å². The number of benzene rings is 1. The van der Waals surface area contributed by atoms with Crippen LogP contribution >= 0.6 is 27.3 Å². The smallest absolute Gasteiger partial charge is 0.307 e. The molecule has 142 valence electrons. The lowest BCUT2D eigenvalue weighted by Crippen LogP contribution is -2.22. The van der Waals surface area contributed by atoms with Crippen LogP contribution in [0, 0.1) is 0 Å². The minimum Gasteiger partial charge on any atom is -0.459 e. The van der Waals surface area contributed by atoms with Gasteiger partial charge in [0, 0.05) is 17.1 Å². The van der Waals surface area contributed by atoms with Crippen LogP contribution in [-0.2, 0) is 22.7 Å². The Morgan fingerprint density at radius 1 is 1.29 bits per heavy atom. The molecule has 4 rings (SSSR count). The molecule has 0 atom stereocenters. The highest BCUT2D eigenvalue weighted by Crippen LogP contribution is 2.25. The number of carbonyl (C=O) groups is 1. The Balaban J connectivity index is 1.35. The Kier molecular flexibility index (Phi) is 5.36. The number of nitrogens with zero attached hydrogens (tertiary/aromatic N) is 3. The molecule has 3 aromatic heterocycles. The molecule has 0 amide bonds. The molecule has 0 aliphatic rings. The van der Waals surface area contributed by atoms with Crippen molar-refractivity contribution in [1.82, 2.24) is 14.7 Å². The molecule has 0 radical (unpaired) electrons. The van der Waals surface area contributed by atoms with Crippen LogP contribution in [0.4, 0.5) is 0 Å². The van der Waals surface area contributed by atoms with Gasteiger partial charge in [-0.15, -0.1) is 11.3 Å². The van der Waals surface area contributed by atoms with E-state index in [1.807, 2.05) is 23.6 Å². The monoisotopic (exact) mass is 459 g/mol. The summed E-state index contributed by atoms with van der Waals surface area (Å²) in [7, 11) is 0. The van der Waals surface area contributed by atoms with E-state index in [1.54, 1.807) is 18.2 Å². The molecule has 0 aliphatic carbocycles. The van der Waals surface area contributed by atoms with Gasteiger partial charge in [-0.1, -0.05) is 27.2 Å². The van der Waals surface area contributed by atoms with E-state index < -0.39 is 5.97 Å². The van der Waals surface area contributed by atoms with Gasteiger partial charge in [-0.2, -0.15) is 0 Å². The molecule has 28 heavy (non-hydrogen) atoms. The zero-order valence-electron chi connectivity index (χ0n) is 14.5. The third-order valence-electron chi connectivity index (χ3n) is 4.05. The Hall–Kier alpha value is -2.78. The number of ether oxygens (including phenoxy) is 1. The van der Waals surface area contributed by atoms with E-state index in [2.05, 4.69) is 26.1 Å². The third kappa shape index (κ3) is 4.05. The Morgan fingerprint density at radius 3 is 3.00 bits per heavy atom. The van der Waals surface area contributed by atoms with E-state index in [0.29, 0.717) is 22.4 Å². The molecule has 0 N–H and O–H groups in total. The van der Waals surface area contributed by atoms with Gasteiger partial charge >= 0.3 is 5.97 Å². The highest BCUT2D eigenvalue weighted by molar-refractivity contribution is 9.10. The van der Waals surface area contributed by atoms with Crippen molar-refractivity contribution in [3.05, 3.63) is 68.6 Å². The van der Waals surface area contributed by atoms with Crippen molar-refractivity contribution in [3.63, 3.8) is 0 Å². The second-order valence-corrected chi connectivity index (χ2v) is 7.84. The first-order valence-corrected chi connectivity index (χ1v) is 10.1. The van der Waals surface area contributed by atoms with Crippen molar-refractivity contribution < 1.29 is 14.1 Å². The van der Waals surface area contributed by atoms with Crippen molar-refractivity contribution in [2.75, 3.05) is 0 Å². The molecule has 0 saturated heterocycles. The molecule has 3 heterocycles. The second kappa shape index (κ2) is 8.07. The zero-order valence-corrected chi connectivity index (χ0v) is 16.9. The molecule has 4 aromatic rings. The number of hydrogen-bond acceptors (Lipinski definition) is 7. The normalized spacial score (nSPS) is 11.0. The van der Waals surface area contributed by atoms with Gasteiger partial charge in [-0.05, 0) is 29.6 Å². The number of halogens is 1. The molecule has 9 heteroatoms. The summed E-state index contributed by atoms with van der Waals surface area (Å²) < 4.78 is 12.7. The third-order valence-corrected chi connectivity index (χ3v) is 5.42. The number of rotatable bonds is 6. The highest BCUT2D eigenvalue weighted by Gasteiger charge is 2.11. The van der Waals surface area contributed by atoms with Gasteiger partial charge in [0.05, 0.1) is 28.5 Å². The van der Waals surface area contributed by atoms with Crippen molar-refractivity contribution in [2.24, 2.45) is 0 Å². The summed E-state index contributed by atoms with van der Waals surface area (Å²) in [5.74, 6) is 0.211. The van der Waals surface area contributed by atoms with Gasteiger partial charge in [0.2, 0.25) is 0 Å². The number of carbonyl (C=O) groups excluding carboxylic acids is 1. The fraction of sp³-hybridized carbons (Fsp3) is 0.158. The highest BCUT2D eigenvalue weighted by atomic mass is 79.9. The van der Waals surface area contributed by atoms with Crippen LogP contribution in [0.25, 0.3) is 21.5 Å². The maximum Gasteiger partial charge on any atom is 0.307 e. The van der Waals surface area contributed by atoms with Crippen LogP contribution in [0.1, 0.15) is 12.1 Å². The molecular weight excluding hydrogens is 446 g/mol. The van der Waals surface area contributed by atoms with Crippen LogP contribution in [0.3, 0.4) is 0 Å². The number of hydrogen-bond donors (Lipinski definition) is 0. The van der Waals surface area contributed by atoms with Crippen LogP contribution in [0.2, 0.25) is 0 Å². The van der Waals surface area contributed by atoms with Gasteiger partial charge in [0.15, 0.2) is 5.76 Å². The van der Waals surface area contributed by atoms with Gasteiger partial charge < -0.3 is 9.26 Å². The van der Waals surface area contributed by atoms with E-state index in [-0.39, 0.29) is 25.1 Å². The van der Waals surface area contributed by atoms with Gasteiger partial charge in [-0.25, -0.2) is 4.98 Å². The standard InChI is InChI=1S/C19H14BrN3O4S/c20-12-3-4-15-14(8-12)19(25)23(11-21-15)6-5-18(24)26-10-13-9-16(27-22-13)17-2-1-7-28-17/h1-4,7-9,11H,5-6,10H2. The maximum absolute atomic E-state index is 12.5. The first-order chi connectivity index (χ1) is 13.6. The second-order valence-electron chi connectivity index (χ2n) is 5.98. The molecule has 0 unspecified atom stereocenters. The van der Waals surface area contributed by atoms with Crippen molar-refractivity contribution in [2.45, 2.75) is 19.6 Å². The van der Waals surface area contributed by atoms with Crippen molar-refractivity contribution in [1.29, 1.82) is 0 Å². The largest absolute Gasteiger partial charge is 0.459 e. The molecule has 7 nitrogen and oxygen atoms in total. The van der Waals surface area contributed by atoms with Gasteiger partial charge in [-0.3, -0.25) is 14.2 Å². The summed E-state index contributed by atoms with van der Waals surface area (Å²) in [6, 6.07) is 10.9. The summed E-state index contributed by atoms with van der Waals surface area (Å²) >= 11 is 4.89. The van der Waals surface area contributed by atoms with Gasteiger partial charge in [0.25, 0.3) is 5.56 Å². The minimum atomic E-state index is -0.429. The zero-order chi connectivity index (χ0) is 19.5. The average Bonchev–Trinajstić information content (AvgIpc) is 3.38. The van der Waals surface area contributed by atoms with E-state index >= 15 is 0 Å². The first kappa shape index (κ1) is 18.6. The van der Waals surface area contributed by atoms with E-state index in [4.69, 9.17) is 9.26 Å². The number of fused-ring (bicyclic) bond motifs is 1. The summed E-state index contributed by atoms with van der Waals surface area (Å²) in [6.07, 6.45) is 1.49. The maximum atomic E-state index is 12.5. The number of esters is 1. The molecule has 0 fully saturated rings. The van der Waals surface area contributed by atoms with E-state index in [0.717, 1.165) is 9.35 Å². The molecule has 0 aliphatic heterocycles. The SMILES string of the molecule is O=C(CCn1cnc2ccc(Br)cc2c1=O)OCc1cc(-c2cccs2)on1. The molecular formula is C19H14BrN3O4S. The quantitative estimate of drug-likeness (QED) is 0.404. The van der Waals surface area contributed by atoms with Crippen LogP contribution in [0.15, 0.2) is 61.9 Å². The Bertz CT molecular complexity index is 1180. The number of aryl methyl sites for hydroxylation is 1. The molecule has 0 bridgehead atoms. The fourth-order valence-electron chi connectivity index (χ4n) is 2.64. The molecule has 0 spiro atoms. The average molecular weight is 460 g/mol. The molecule has 0 saturated carbocycles. The van der Waals surface area contributed by atoms with Crippen LogP contribution < -0.4 is 5.56 Å². The van der Waals surface area contributed by atoms with Crippen LogP contribution in [-0.4, -0.2) is 20.7 Å². The van der Waals surface area contributed by atoms with E-state index in [9.17, 15) is 9.59 Å². The number of aromatic nitrogens is 3. The minimum absolute atomic E-state index is 0.0194. The fourth-order valence-corrected chi connectivity index (χ4v) is 3.68. The molecule has 1 aromatic carbocycles. The summed E-state index contributed by atoms with van der Waals surface area (Å²) in [6.45, 7) is 0.206. The summed E-state index contributed by atoms with van der Waals surface area (Å²) in [5, 5.41) is 6.34.